The molecule has 1 saturated heterocycles. The highest BCUT2D eigenvalue weighted by Gasteiger charge is 2.57. The van der Waals surface area contributed by atoms with Crippen LogP contribution in [0.5, 0.6) is 0 Å². The van der Waals surface area contributed by atoms with Gasteiger partial charge in [-0.15, -0.1) is 0 Å². The standard InChI is InChI=1S/C8H12Cl2N2O/c1-5-8(4)11(9)6(13)7(2,3)12(8)10/h5H,1H2,2-4H3. The molecule has 0 bridgehead atoms. The highest BCUT2D eigenvalue weighted by Crippen LogP contribution is 2.41. The predicted molar refractivity (Wildman–Crippen MR) is 53.1 cm³/mol. The number of amides is 1. The van der Waals surface area contributed by atoms with Crippen LogP contribution in [0.15, 0.2) is 12.7 Å². The predicted octanol–water partition coefficient (Wildman–Crippen LogP) is 2.12. The van der Waals surface area contributed by atoms with Crippen LogP contribution in [0.1, 0.15) is 20.8 Å². The minimum absolute atomic E-state index is 0.230. The Labute approximate surface area is 88.1 Å². The number of nitrogens with zero attached hydrogens (tertiary/aromatic N) is 2. The number of carbonyl (C=O) groups excluding carboxylic acids is 1. The largest absolute Gasteiger partial charge is 0.271 e. The van der Waals surface area contributed by atoms with Crippen molar-refractivity contribution in [2.45, 2.75) is 32.0 Å². The highest BCUT2D eigenvalue weighted by molar-refractivity contribution is 6.27. The van der Waals surface area contributed by atoms with E-state index in [0.717, 1.165) is 4.42 Å². The average Bonchev–Trinajstić information content (AvgIpc) is 2.21. The summed E-state index contributed by atoms with van der Waals surface area (Å²) in [4.78, 5) is 11.6. The summed E-state index contributed by atoms with van der Waals surface area (Å²) in [5, 5.41) is 0. The SMILES string of the molecule is C=CC1(C)N(Cl)C(=O)C(C)(C)N1Cl. The lowest BCUT2D eigenvalue weighted by Gasteiger charge is -2.32. The molecule has 1 fully saturated rings. The third kappa shape index (κ3) is 1.18. The van der Waals surface area contributed by atoms with Gasteiger partial charge in [0.2, 0.25) is 0 Å². The Balaban J connectivity index is 3.20. The van der Waals surface area contributed by atoms with Gasteiger partial charge in [0, 0.05) is 11.8 Å². The first-order chi connectivity index (χ1) is 5.78. The maximum atomic E-state index is 11.6. The molecule has 0 aromatic rings. The topological polar surface area (TPSA) is 23.6 Å². The number of hydrogen-bond acceptors (Lipinski definition) is 2. The molecule has 74 valence electrons. The van der Waals surface area contributed by atoms with Crippen LogP contribution in [0.4, 0.5) is 0 Å². The molecule has 13 heavy (non-hydrogen) atoms. The summed E-state index contributed by atoms with van der Waals surface area (Å²) < 4.78 is 2.45. The van der Waals surface area contributed by atoms with E-state index >= 15 is 0 Å². The van der Waals surface area contributed by atoms with Gasteiger partial charge >= 0.3 is 0 Å². The number of halogens is 2. The average molecular weight is 223 g/mol. The minimum Gasteiger partial charge on any atom is -0.271 e. The molecule has 0 aromatic carbocycles. The zero-order valence-corrected chi connectivity index (χ0v) is 9.35. The van der Waals surface area contributed by atoms with Gasteiger partial charge in [0.1, 0.15) is 11.2 Å². The van der Waals surface area contributed by atoms with Gasteiger partial charge < -0.3 is 0 Å². The number of carbonyl (C=O) groups is 1. The van der Waals surface area contributed by atoms with Gasteiger partial charge in [-0.1, -0.05) is 6.58 Å². The van der Waals surface area contributed by atoms with Crippen molar-refractivity contribution in [2.24, 2.45) is 0 Å². The molecule has 5 heteroatoms. The molecule has 0 aromatic heterocycles. The second kappa shape index (κ2) is 2.87. The molecule has 3 nitrogen and oxygen atoms in total. The quantitative estimate of drug-likeness (QED) is 0.502. The third-order valence-electron chi connectivity index (χ3n) is 2.37. The van der Waals surface area contributed by atoms with Gasteiger partial charge in [0.05, 0.1) is 0 Å². The molecule has 0 radical (unpaired) electrons. The summed E-state index contributed by atoms with van der Waals surface area (Å²) in [6, 6.07) is 0. The maximum absolute atomic E-state index is 11.6. The van der Waals surface area contributed by atoms with E-state index in [1.165, 1.54) is 4.42 Å². The molecule has 1 amide bonds. The summed E-state index contributed by atoms with van der Waals surface area (Å²) in [5.74, 6) is -0.230. The molecule has 1 aliphatic rings. The van der Waals surface area contributed by atoms with Gasteiger partial charge in [-0.2, -0.15) is 4.42 Å². The lowest BCUT2D eigenvalue weighted by molar-refractivity contribution is -0.128. The lowest BCUT2D eigenvalue weighted by Crippen LogP contribution is -2.45. The van der Waals surface area contributed by atoms with Crippen LogP contribution >= 0.6 is 23.6 Å². The second-order valence-corrected chi connectivity index (χ2v) is 4.40. The zero-order chi connectivity index (χ0) is 10.4. The summed E-state index contributed by atoms with van der Waals surface area (Å²) in [7, 11) is 0. The summed E-state index contributed by atoms with van der Waals surface area (Å²) in [6.07, 6.45) is 1.54. The zero-order valence-electron chi connectivity index (χ0n) is 7.84. The van der Waals surface area contributed by atoms with Crippen LogP contribution in [-0.4, -0.2) is 25.9 Å². The molecule has 1 rings (SSSR count). The first kappa shape index (κ1) is 10.8. The van der Waals surface area contributed by atoms with Crippen LogP contribution < -0.4 is 0 Å². The van der Waals surface area contributed by atoms with Crippen molar-refractivity contribution in [2.75, 3.05) is 0 Å². The maximum Gasteiger partial charge on any atom is 0.260 e. The molecule has 1 unspecified atom stereocenters. The molecular formula is C8H12Cl2N2O. The van der Waals surface area contributed by atoms with E-state index < -0.39 is 11.2 Å². The van der Waals surface area contributed by atoms with E-state index in [1.54, 1.807) is 26.8 Å². The van der Waals surface area contributed by atoms with Crippen molar-refractivity contribution < 1.29 is 4.79 Å². The van der Waals surface area contributed by atoms with E-state index in [0.29, 0.717) is 0 Å². The van der Waals surface area contributed by atoms with Gasteiger partial charge in [-0.25, -0.2) is 4.42 Å². The van der Waals surface area contributed by atoms with Gasteiger partial charge in [0.25, 0.3) is 5.91 Å². The molecule has 0 saturated carbocycles. The normalized spacial score (nSPS) is 33.9. The second-order valence-electron chi connectivity index (χ2n) is 3.72. The monoisotopic (exact) mass is 222 g/mol. The van der Waals surface area contributed by atoms with Crippen LogP contribution in [0.2, 0.25) is 0 Å². The molecule has 1 heterocycles. The van der Waals surface area contributed by atoms with Crippen LogP contribution in [0.3, 0.4) is 0 Å². The minimum atomic E-state index is -0.830. The fourth-order valence-electron chi connectivity index (χ4n) is 1.33. The summed E-state index contributed by atoms with van der Waals surface area (Å²) >= 11 is 11.9. The van der Waals surface area contributed by atoms with Gasteiger partial charge in [-0.3, -0.25) is 4.79 Å². The molecule has 0 N–H and O–H groups in total. The van der Waals surface area contributed by atoms with Gasteiger partial charge in [-0.05, 0) is 38.6 Å². The summed E-state index contributed by atoms with van der Waals surface area (Å²) in [6.45, 7) is 8.77. The lowest BCUT2D eigenvalue weighted by atomic mass is 10.1. The van der Waals surface area contributed by atoms with Crippen molar-refractivity contribution in [1.29, 1.82) is 0 Å². The first-order valence-corrected chi connectivity index (χ1v) is 4.56. The fourth-order valence-corrected chi connectivity index (χ4v) is 1.94. The molecule has 1 aliphatic heterocycles. The Bertz CT molecular complexity index is 267. The van der Waals surface area contributed by atoms with E-state index in [9.17, 15) is 4.79 Å². The summed E-state index contributed by atoms with van der Waals surface area (Å²) in [5.41, 5.74) is -1.63. The Kier molecular flexibility index (Phi) is 2.39. The highest BCUT2D eigenvalue weighted by atomic mass is 35.5. The van der Waals surface area contributed by atoms with Crippen molar-refractivity contribution in [3.8, 4) is 0 Å². The van der Waals surface area contributed by atoms with Crippen molar-refractivity contribution in [1.82, 2.24) is 8.84 Å². The Morgan fingerprint density at radius 1 is 1.38 bits per heavy atom. The number of rotatable bonds is 1. The molecule has 0 spiro atoms. The van der Waals surface area contributed by atoms with Crippen molar-refractivity contribution >= 4 is 29.5 Å². The molecule has 0 aliphatic carbocycles. The van der Waals surface area contributed by atoms with E-state index in [2.05, 4.69) is 6.58 Å². The Morgan fingerprint density at radius 2 is 1.85 bits per heavy atom. The van der Waals surface area contributed by atoms with E-state index in [1.807, 2.05) is 0 Å². The van der Waals surface area contributed by atoms with Crippen LogP contribution in [-0.2, 0) is 4.79 Å². The molecular weight excluding hydrogens is 211 g/mol. The smallest absolute Gasteiger partial charge is 0.260 e. The van der Waals surface area contributed by atoms with Crippen molar-refractivity contribution in [3.63, 3.8) is 0 Å². The Morgan fingerprint density at radius 3 is 2.00 bits per heavy atom. The number of hydrogen-bond donors (Lipinski definition) is 0. The fraction of sp³-hybridized carbons (Fsp3) is 0.625. The van der Waals surface area contributed by atoms with E-state index in [-0.39, 0.29) is 5.91 Å². The van der Waals surface area contributed by atoms with Crippen LogP contribution in [0, 0.1) is 0 Å². The van der Waals surface area contributed by atoms with Crippen molar-refractivity contribution in [3.05, 3.63) is 12.7 Å². The van der Waals surface area contributed by atoms with E-state index in [4.69, 9.17) is 23.6 Å². The van der Waals surface area contributed by atoms with Gasteiger partial charge in [0.15, 0.2) is 0 Å². The Hall–Kier alpha value is -0.250. The molecule has 1 atom stereocenters. The van der Waals surface area contributed by atoms with Crippen LogP contribution in [0.25, 0.3) is 0 Å². The first-order valence-electron chi connectivity index (χ1n) is 3.88. The third-order valence-corrected chi connectivity index (χ3v) is 3.63.